The maximum atomic E-state index is 13.2. The van der Waals surface area contributed by atoms with Crippen molar-refractivity contribution in [2.75, 3.05) is 0 Å². The third kappa shape index (κ3) is 4.32. The van der Waals surface area contributed by atoms with Crippen molar-refractivity contribution in [3.05, 3.63) is 35.6 Å². The molecular weight excluding hydrogens is 237 g/mol. The Labute approximate surface area is 104 Å². The van der Waals surface area contributed by atoms with Crippen molar-refractivity contribution in [2.24, 2.45) is 5.10 Å². The van der Waals surface area contributed by atoms with E-state index < -0.39 is 17.6 Å². The Morgan fingerprint density at radius 1 is 1.28 bits per heavy atom. The van der Waals surface area contributed by atoms with Gasteiger partial charge < -0.3 is 5.32 Å². The molecule has 1 aromatic carbocycles. The van der Waals surface area contributed by atoms with Gasteiger partial charge in [0.1, 0.15) is 5.82 Å². The molecule has 5 nitrogen and oxygen atoms in total. The molecule has 0 spiro atoms. The van der Waals surface area contributed by atoms with E-state index in [1.54, 1.807) is 26.0 Å². The highest BCUT2D eigenvalue weighted by atomic mass is 19.1. The summed E-state index contributed by atoms with van der Waals surface area (Å²) in [6, 6.07) is 5.81. The fourth-order valence-corrected chi connectivity index (χ4v) is 1.12. The zero-order chi connectivity index (χ0) is 13.5. The summed E-state index contributed by atoms with van der Waals surface area (Å²) >= 11 is 0. The minimum atomic E-state index is -0.892. The largest absolute Gasteiger partial charge is 0.346 e. The first-order valence-electron chi connectivity index (χ1n) is 5.39. The molecule has 0 aliphatic rings. The summed E-state index contributed by atoms with van der Waals surface area (Å²) in [6.07, 6.45) is 1.13. The zero-order valence-corrected chi connectivity index (χ0v) is 10.1. The van der Waals surface area contributed by atoms with E-state index in [1.807, 2.05) is 5.43 Å². The fourth-order valence-electron chi connectivity index (χ4n) is 1.12. The summed E-state index contributed by atoms with van der Waals surface area (Å²) in [4.78, 5) is 22.4. The van der Waals surface area contributed by atoms with Gasteiger partial charge in [-0.15, -0.1) is 0 Å². The Bertz CT molecular complexity index is 472. The molecule has 0 heterocycles. The molecule has 96 valence electrons. The third-order valence-electron chi connectivity index (χ3n) is 1.90. The van der Waals surface area contributed by atoms with Gasteiger partial charge in [-0.3, -0.25) is 9.59 Å². The lowest BCUT2D eigenvalue weighted by molar-refractivity contribution is -0.139. The number of hydrazone groups is 1. The monoisotopic (exact) mass is 251 g/mol. The van der Waals surface area contributed by atoms with Crippen LogP contribution in [0.3, 0.4) is 0 Å². The molecule has 18 heavy (non-hydrogen) atoms. The van der Waals surface area contributed by atoms with Crippen LogP contribution in [-0.2, 0) is 9.59 Å². The first kappa shape index (κ1) is 13.8. The fraction of sp³-hybridized carbons (Fsp3) is 0.250. The van der Waals surface area contributed by atoms with E-state index in [-0.39, 0.29) is 11.6 Å². The van der Waals surface area contributed by atoms with Gasteiger partial charge in [-0.25, -0.2) is 9.82 Å². The predicted molar refractivity (Wildman–Crippen MR) is 65.4 cm³/mol. The normalized spacial score (nSPS) is 10.7. The summed E-state index contributed by atoms with van der Waals surface area (Å²) in [7, 11) is 0. The van der Waals surface area contributed by atoms with Gasteiger partial charge in [-0.1, -0.05) is 18.2 Å². The van der Waals surface area contributed by atoms with Gasteiger partial charge in [-0.2, -0.15) is 5.10 Å². The zero-order valence-electron chi connectivity index (χ0n) is 10.1. The van der Waals surface area contributed by atoms with Crippen molar-refractivity contribution in [3.8, 4) is 0 Å². The minimum absolute atomic E-state index is 0.140. The lowest BCUT2D eigenvalue weighted by Crippen LogP contribution is -2.41. The second-order valence-electron chi connectivity index (χ2n) is 3.85. The topological polar surface area (TPSA) is 70.6 Å². The van der Waals surface area contributed by atoms with Crippen LogP contribution >= 0.6 is 0 Å². The van der Waals surface area contributed by atoms with Crippen molar-refractivity contribution < 1.29 is 14.0 Å². The van der Waals surface area contributed by atoms with Gasteiger partial charge in [-0.05, 0) is 19.9 Å². The number of carbonyl (C=O) groups is 2. The quantitative estimate of drug-likeness (QED) is 0.474. The molecule has 0 aliphatic heterocycles. The van der Waals surface area contributed by atoms with E-state index in [0.717, 1.165) is 6.21 Å². The smallest absolute Gasteiger partial charge is 0.329 e. The molecule has 2 amide bonds. The van der Waals surface area contributed by atoms with Crippen molar-refractivity contribution in [1.82, 2.24) is 10.7 Å². The highest BCUT2D eigenvalue weighted by Gasteiger charge is 2.12. The van der Waals surface area contributed by atoms with Gasteiger partial charge in [0, 0.05) is 11.6 Å². The van der Waals surface area contributed by atoms with E-state index in [9.17, 15) is 14.0 Å². The van der Waals surface area contributed by atoms with Crippen LogP contribution in [0.5, 0.6) is 0 Å². The van der Waals surface area contributed by atoms with Crippen LogP contribution in [0.1, 0.15) is 19.4 Å². The maximum Gasteiger partial charge on any atom is 0.329 e. The SMILES string of the molecule is CC(C)NC(=O)C(=O)N/N=C/c1ccccc1F. The first-order valence-corrected chi connectivity index (χ1v) is 5.39. The Morgan fingerprint density at radius 2 is 1.94 bits per heavy atom. The number of halogens is 1. The summed E-state index contributed by atoms with van der Waals surface area (Å²) in [5, 5.41) is 5.91. The van der Waals surface area contributed by atoms with Crippen molar-refractivity contribution >= 4 is 18.0 Å². The van der Waals surface area contributed by atoms with Crippen molar-refractivity contribution in [2.45, 2.75) is 19.9 Å². The van der Waals surface area contributed by atoms with Crippen LogP contribution in [0.25, 0.3) is 0 Å². The van der Waals surface area contributed by atoms with Crippen LogP contribution in [-0.4, -0.2) is 24.1 Å². The van der Waals surface area contributed by atoms with Gasteiger partial charge in [0.25, 0.3) is 0 Å². The summed E-state index contributed by atoms with van der Waals surface area (Å²) in [6.45, 7) is 3.46. The lowest BCUT2D eigenvalue weighted by atomic mass is 10.2. The molecule has 0 aliphatic carbocycles. The molecule has 0 aromatic heterocycles. The standard InChI is InChI=1S/C12H14FN3O2/c1-8(2)15-11(17)12(18)16-14-7-9-5-3-4-6-10(9)13/h3-8H,1-2H3,(H,15,17)(H,16,18)/b14-7+. The molecule has 0 atom stereocenters. The summed E-state index contributed by atoms with van der Waals surface area (Å²) < 4.78 is 13.2. The predicted octanol–water partition coefficient (Wildman–Crippen LogP) is 0.800. The molecule has 0 saturated carbocycles. The lowest BCUT2D eigenvalue weighted by Gasteiger charge is -2.05. The number of rotatable bonds is 3. The highest BCUT2D eigenvalue weighted by molar-refractivity contribution is 6.35. The minimum Gasteiger partial charge on any atom is -0.346 e. The second-order valence-corrected chi connectivity index (χ2v) is 3.85. The van der Waals surface area contributed by atoms with E-state index in [1.165, 1.54) is 12.1 Å². The molecule has 0 saturated heterocycles. The molecule has 0 bridgehead atoms. The maximum absolute atomic E-state index is 13.2. The van der Waals surface area contributed by atoms with Crippen LogP contribution in [0, 0.1) is 5.82 Å². The van der Waals surface area contributed by atoms with Crippen LogP contribution < -0.4 is 10.7 Å². The first-order chi connectivity index (χ1) is 8.50. The van der Waals surface area contributed by atoms with Gasteiger partial charge in [0.05, 0.1) is 6.21 Å². The second kappa shape index (κ2) is 6.48. The molecule has 1 aromatic rings. The number of hydrogen-bond donors (Lipinski definition) is 2. The summed E-state index contributed by atoms with van der Waals surface area (Å²) in [5.74, 6) is -2.13. The van der Waals surface area contributed by atoms with Gasteiger partial charge >= 0.3 is 11.8 Å². The van der Waals surface area contributed by atoms with Crippen molar-refractivity contribution in [1.29, 1.82) is 0 Å². The third-order valence-corrected chi connectivity index (χ3v) is 1.90. The number of benzene rings is 1. The number of hydrogen-bond acceptors (Lipinski definition) is 3. The van der Waals surface area contributed by atoms with Crippen LogP contribution in [0.15, 0.2) is 29.4 Å². The Balaban J connectivity index is 2.53. The molecular formula is C12H14FN3O2. The molecule has 0 fully saturated rings. The van der Waals surface area contributed by atoms with Gasteiger partial charge in [0.15, 0.2) is 0 Å². The molecule has 0 unspecified atom stereocenters. The molecule has 2 N–H and O–H groups in total. The summed E-state index contributed by atoms with van der Waals surface area (Å²) in [5.41, 5.74) is 2.24. The van der Waals surface area contributed by atoms with Gasteiger partial charge in [0.2, 0.25) is 0 Å². The Hall–Kier alpha value is -2.24. The van der Waals surface area contributed by atoms with Crippen LogP contribution in [0.2, 0.25) is 0 Å². The number of nitrogens with zero attached hydrogens (tertiary/aromatic N) is 1. The molecule has 6 heteroatoms. The molecule has 1 rings (SSSR count). The van der Waals surface area contributed by atoms with E-state index in [2.05, 4.69) is 10.4 Å². The Morgan fingerprint density at radius 3 is 2.56 bits per heavy atom. The highest BCUT2D eigenvalue weighted by Crippen LogP contribution is 2.02. The number of amides is 2. The number of carbonyl (C=O) groups excluding carboxylic acids is 2. The number of nitrogens with one attached hydrogen (secondary N) is 2. The average molecular weight is 251 g/mol. The van der Waals surface area contributed by atoms with E-state index >= 15 is 0 Å². The van der Waals surface area contributed by atoms with Crippen molar-refractivity contribution in [3.63, 3.8) is 0 Å². The molecule has 0 radical (unpaired) electrons. The van der Waals surface area contributed by atoms with E-state index in [0.29, 0.717) is 0 Å². The average Bonchev–Trinajstić information content (AvgIpc) is 2.30. The Kier molecular flexibility index (Phi) is 4.98. The van der Waals surface area contributed by atoms with E-state index in [4.69, 9.17) is 0 Å². The van der Waals surface area contributed by atoms with Crippen LogP contribution in [0.4, 0.5) is 4.39 Å².